The zero-order valence-corrected chi connectivity index (χ0v) is 36.1. The maximum Gasteiger partial charge on any atom is 0.179 e. The summed E-state index contributed by atoms with van der Waals surface area (Å²) in [4.78, 5) is 0. The highest BCUT2D eigenvalue weighted by atomic mass is 28.3. The van der Waals surface area contributed by atoms with Crippen LogP contribution in [0.3, 0.4) is 0 Å². The monoisotopic (exact) mass is 830 g/mol. The normalized spacial score (nSPS) is 13.5. The van der Waals surface area contributed by atoms with Crippen LogP contribution in [0.1, 0.15) is 22.6 Å². The number of para-hydroxylation sites is 4. The van der Waals surface area contributed by atoms with Gasteiger partial charge in [0.25, 0.3) is 0 Å². The zero-order chi connectivity index (χ0) is 42.2. The Morgan fingerprint density at radius 1 is 0.312 bits per heavy atom. The summed E-state index contributed by atoms with van der Waals surface area (Å²) in [5, 5.41) is 10.6. The summed E-state index contributed by atoms with van der Waals surface area (Å²) in [5.41, 5.74) is 14.0. The molecular formula is C61H42N2Si. The Hall–Kier alpha value is -7.98. The lowest BCUT2D eigenvalue weighted by Gasteiger charge is -2.35. The van der Waals surface area contributed by atoms with Gasteiger partial charge in [-0.3, -0.25) is 0 Å². The Kier molecular flexibility index (Phi) is 8.34. The predicted molar refractivity (Wildman–Crippen MR) is 272 cm³/mol. The second-order valence-corrected chi connectivity index (χ2v) is 21.0. The third-order valence-electron chi connectivity index (χ3n) is 13.9. The molecule has 3 heteroatoms. The first-order chi connectivity index (χ1) is 31.8. The van der Waals surface area contributed by atoms with E-state index in [9.17, 15) is 0 Å². The van der Waals surface area contributed by atoms with Gasteiger partial charge in [-0.2, -0.15) is 0 Å². The Labute approximate surface area is 373 Å². The molecule has 1 aliphatic rings. The minimum Gasteiger partial charge on any atom is -0.309 e. The van der Waals surface area contributed by atoms with Crippen molar-refractivity contribution in [2.45, 2.75) is 5.92 Å². The molecule has 300 valence electrons. The summed E-state index contributed by atoms with van der Waals surface area (Å²) in [7, 11) is -2.93. The van der Waals surface area contributed by atoms with Crippen LogP contribution in [0.15, 0.2) is 249 Å². The Morgan fingerprint density at radius 2 is 0.797 bits per heavy atom. The second kappa shape index (κ2) is 14.6. The molecule has 0 N–H and O–H groups in total. The quantitative estimate of drug-likeness (QED) is 0.112. The first kappa shape index (κ1) is 36.7. The summed E-state index contributed by atoms with van der Waals surface area (Å²) >= 11 is 0. The standard InChI is InChI=1S/C61H42N2Si/c1-4-20-43(21-5-1)63-57-34-17-14-31-54(57)60-58(63)40-39-53-49-27-10-11-30-52(49)59(61(53)60)42-19-18-26-48(41-42)64(45-22-6-2-7-23-45,46-24-8-3-9-25-46)47-37-35-44(36-38-47)62-55-32-15-12-28-50(55)51-29-13-16-33-56(51)62/h1-41,59H. The highest BCUT2D eigenvalue weighted by molar-refractivity contribution is 7.19. The van der Waals surface area contributed by atoms with Crippen LogP contribution in [-0.2, 0) is 0 Å². The van der Waals surface area contributed by atoms with Crippen LogP contribution in [0.4, 0.5) is 0 Å². The van der Waals surface area contributed by atoms with Gasteiger partial charge >= 0.3 is 0 Å². The maximum atomic E-state index is 2.58. The molecule has 0 fully saturated rings. The van der Waals surface area contributed by atoms with Crippen molar-refractivity contribution in [1.29, 1.82) is 0 Å². The molecule has 1 aliphatic carbocycles. The van der Waals surface area contributed by atoms with Crippen molar-refractivity contribution >= 4 is 72.4 Å². The van der Waals surface area contributed by atoms with Crippen LogP contribution in [-0.4, -0.2) is 17.2 Å². The number of aromatic nitrogens is 2. The second-order valence-electron chi connectivity index (χ2n) is 17.2. The number of rotatable bonds is 7. The van der Waals surface area contributed by atoms with Crippen molar-refractivity contribution in [3.8, 4) is 22.5 Å². The molecule has 2 nitrogen and oxygen atoms in total. The van der Waals surface area contributed by atoms with Crippen LogP contribution in [0.2, 0.25) is 0 Å². The van der Waals surface area contributed by atoms with Gasteiger partial charge in [-0.1, -0.05) is 200 Å². The van der Waals surface area contributed by atoms with E-state index in [1.807, 2.05) is 0 Å². The van der Waals surface area contributed by atoms with E-state index < -0.39 is 8.07 Å². The molecule has 1 atom stereocenters. The van der Waals surface area contributed by atoms with E-state index in [0.29, 0.717) is 0 Å². The molecule has 2 aromatic heterocycles. The minimum atomic E-state index is -2.93. The van der Waals surface area contributed by atoms with Crippen LogP contribution in [0.5, 0.6) is 0 Å². The van der Waals surface area contributed by atoms with Crippen LogP contribution >= 0.6 is 0 Å². The lowest BCUT2D eigenvalue weighted by molar-refractivity contribution is 1.03. The third kappa shape index (κ3) is 5.31. The number of nitrogens with zero attached hydrogens (tertiary/aromatic N) is 2. The molecule has 1 unspecified atom stereocenters. The van der Waals surface area contributed by atoms with Crippen LogP contribution in [0.25, 0.3) is 66.1 Å². The molecule has 0 radical (unpaired) electrons. The number of benzene rings is 10. The molecule has 0 bridgehead atoms. The molecule has 10 aromatic carbocycles. The van der Waals surface area contributed by atoms with Gasteiger partial charge in [0, 0.05) is 38.8 Å². The van der Waals surface area contributed by atoms with Gasteiger partial charge in [0.05, 0.1) is 22.1 Å². The summed E-state index contributed by atoms with van der Waals surface area (Å²) in [6, 6.07) is 93.1. The van der Waals surface area contributed by atoms with E-state index in [2.05, 4.69) is 258 Å². The molecule has 0 saturated heterocycles. The Balaban J connectivity index is 1.06. The van der Waals surface area contributed by atoms with Gasteiger partial charge in [-0.15, -0.1) is 0 Å². The lowest BCUT2D eigenvalue weighted by atomic mass is 9.87. The van der Waals surface area contributed by atoms with E-state index >= 15 is 0 Å². The molecule has 13 rings (SSSR count). The van der Waals surface area contributed by atoms with Crippen molar-refractivity contribution in [3.05, 3.63) is 265 Å². The molecule has 2 heterocycles. The molecule has 12 aromatic rings. The van der Waals surface area contributed by atoms with E-state index in [4.69, 9.17) is 0 Å². The first-order valence-electron chi connectivity index (χ1n) is 22.3. The lowest BCUT2D eigenvalue weighted by Crippen LogP contribution is -2.74. The topological polar surface area (TPSA) is 9.86 Å². The molecule has 0 saturated carbocycles. The molecule has 64 heavy (non-hydrogen) atoms. The average molecular weight is 831 g/mol. The van der Waals surface area contributed by atoms with E-state index in [1.54, 1.807) is 0 Å². The predicted octanol–water partition coefficient (Wildman–Crippen LogP) is 12.4. The summed E-state index contributed by atoms with van der Waals surface area (Å²) in [5.74, 6) is 0.0424. The van der Waals surface area contributed by atoms with Crippen LogP contribution < -0.4 is 20.7 Å². The largest absolute Gasteiger partial charge is 0.309 e. The van der Waals surface area contributed by atoms with Gasteiger partial charge in [-0.25, -0.2) is 0 Å². The van der Waals surface area contributed by atoms with Gasteiger partial charge in [-0.05, 0) is 97.1 Å². The highest BCUT2D eigenvalue weighted by Crippen LogP contribution is 2.52. The minimum absolute atomic E-state index is 0.0424. The number of hydrogen-bond donors (Lipinski definition) is 0. The zero-order valence-electron chi connectivity index (χ0n) is 35.1. The Morgan fingerprint density at radius 3 is 1.45 bits per heavy atom. The average Bonchev–Trinajstić information content (AvgIpc) is 4.01. The van der Waals surface area contributed by atoms with E-state index in [1.165, 1.54) is 97.9 Å². The van der Waals surface area contributed by atoms with Gasteiger partial charge in [0.1, 0.15) is 0 Å². The van der Waals surface area contributed by atoms with E-state index in [-0.39, 0.29) is 5.92 Å². The fraction of sp³-hybridized carbons (Fsp3) is 0.0164. The molecule has 0 amide bonds. The van der Waals surface area contributed by atoms with Crippen molar-refractivity contribution in [1.82, 2.24) is 9.13 Å². The van der Waals surface area contributed by atoms with Gasteiger partial charge in [0.2, 0.25) is 0 Å². The van der Waals surface area contributed by atoms with Gasteiger partial charge < -0.3 is 9.13 Å². The maximum absolute atomic E-state index is 2.93. The Bertz CT molecular complexity index is 3620. The van der Waals surface area contributed by atoms with Crippen LogP contribution in [0, 0.1) is 0 Å². The summed E-state index contributed by atoms with van der Waals surface area (Å²) < 4.78 is 4.88. The molecule has 0 spiro atoms. The molecular weight excluding hydrogens is 789 g/mol. The van der Waals surface area contributed by atoms with Gasteiger partial charge in [0.15, 0.2) is 8.07 Å². The third-order valence-corrected chi connectivity index (χ3v) is 18.7. The van der Waals surface area contributed by atoms with Crippen molar-refractivity contribution in [2.75, 3.05) is 0 Å². The highest BCUT2D eigenvalue weighted by Gasteiger charge is 2.42. The number of hydrogen-bond acceptors (Lipinski definition) is 0. The summed E-state index contributed by atoms with van der Waals surface area (Å²) in [6.07, 6.45) is 0. The van der Waals surface area contributed by atoms with Crippen molar-refractivity contribution in [2.24, 2.45) is 0 Å². The fourth-order valence-electron chi connectivity index (χ4n) is 11.4. The van der Waals surface area contributed by atoms with Crippen molar-refractivity contribution in [3.63, 3.8) is 0 Å². The fourth-order valence-corrected chi connectivity index (χ4v) is 16.1. The molecule has 0 aliphatic heterocycles. The van der Waals surface area contributed by atoms with Crippen molar-refractivity contribution < 1.29 is 0 Å². The van der Waals surface area contributed by atoms with E-state index in [0.717, 1.165) is 5.69 Å². The smallest absolute Gasteiger partial charge is 0.179 e. The SMILES string of the molecule is c1ccc(-n2c3ccccc3c3c4c(ccc32)-c2ccccc2C4c2cccc([Si](c3ccccc3)(c3ccccc3)c3ccc(-n4c5ccccc5c5ccccc54)cc3)c2)cc1. The summed E-state index contributed by atoms with van der Waals surface area (Å²) in [6.45, 7) is 0. The first-order valence-corrected chi connectivity index (χ1v) is 24.3. The number of fused-ring (bicyclic) bond motifs is 10.